The molecule has 0 bridgehead atoms. The first kappa shape index (κ1) is 32.4. The van der Waals surface area contributed by atoms with Crippen molar-refractivity contribution >= 4 is 44.4 Å². The Morgan fingerprint density at radius 2 is 1.81 bits per heavy atom. The van der Waals surface area contributed by atoms with Crippen LogP contribution >= 0.6 is 0 Å². The molecule has 12 nitrogen and oxygen atoms in total. The molecule has 1 aromatic heterocycles. The molecule has 0 fully saturated rings. The van der Waals surface area contributed by atoms with Crippen LogP contribution in [0.4, 0.5) is 5.69 Å². The number of amides is 2. The maximum atomic E-state index is 13.6. The molecule has 0 spiro atoms. The van der Waals surface area contributed by atoms with Gasteiger partial charge in [0.2, 0.25) is 15.9 Å². The van der Waals surface area contributed by atoms with Gasteiger partial charge in [-0.05, 0) is 50.6 Å². The summed E-state index contributed by atoms with van der Waals surface area (Å²) in [6.45, 7) is 6.37. The van der Waals surface area contributed by atoms with Crippen molar-refractivity contribution in [2.45, 2.75) is 57.1 Å². The normalized spacial score (nSPS) is 12.4. The van der Waals surface area contributed by atoms with Crippen molar-refractivity contribution in [1.82, 2.24) is 14.8 Å². The van der Waals surface area contributed by atoms with Gasteiger partial charge in [0.1, 0.15) is 22.3 Å². The Morgan fingerprint density at radius 3 is 2.48 bits per heavy atom. The van der Waals surface area contributed by atoms with Crippen molar-refractivity contribution in [1.29, 1.82) is 0 Å². The van der Waals surface area contributed by atoms with Gasteiger partial charge in [-0.15, -0.1) is 0 Å². The number of fused-ring (bicyclic) bond motifs is 1. The van der Waals surface area contributed by atoms with Gasteiger partial charge < -0.3 is 14.8 Å². The zero-order valence-electron chi connectivity index (χ0n) is 24.5. The molecule has 2 amide bonds. The van der Waals surface area contributed by atoms with Gasteiger partial charge in [0.25, 0.3) is 5.91 Å². The Bertz CT molecular complexity index is 1550. The molecule has 0 saturated heterocycles. The Labute approximate surface area is 245 Å². The number of benzene rings is 2. The van der Waals surface area contributed by atoms with Crippen LogP contribution in [0.25, 0.3) is 10.9 Å². The molecule has 0 radical (unpaired) electrons. The topological polar surface area (TPSA) is 153 Å². The summed E-state index contributed by atoms with van der Waals surface area (Å²) >= 11 is 0. The molecule has 0 aliphatic carbocycles. The molecular weight excluding hydrogens is 564 g/mol. The number of sulfonamides is 1. The second-order valence-corrected chi connectivity index (χ2v) is 12.1. The average Bonchev–Trinajstić information content (AvgIpc) is 2.90. The van der Waals surface area contributed by atoms with Crippen molar-refractivity contribution in [3.63, 3.8) is 0 Å². The predicted molar refractivity (Wildman–Crippen MR) is 156 cm³/mol. The number of carbonyl (C=O) groups excluding carboxylic acids is 3. The third kappa shape index (κ3) is 8.96. The van der Waals surface area contributed by atoms with Crippen LogP contribution in [0, 0.1) is 0 Å². The summed E-state index contributed by atoms with van der Waals surface area (Å²) in [7, 11) is -1.93. The van der Waals surface area contributed by atoms with Gasteiger partial charge in [0.15, 0.2) is 0 Å². The van der Waals surface area contributed by atoms with Crippen LogP contribution in [-0.2, 0) is 40.4 Å². The highest BCUT2D eigenvalue weighted by Crippen LogP contribution is 2.29. The quantitative estimate of drug-likeness (QED) is 0.236. The minimum atomic E-state index is -4.45. The van der Waals surface area contributed by atoms with E-state index in [0.29, 0.717) is 12.1 Å². The van der Waals surface area contributed by atoms with Gasteiger partial charge in [-0.3, -0.25) is 24.2 Å². The van der Waals surface area contributed by atoms with Crippen molar-refractivity contribution in [3.8, 4) is 5.75 Å². The zero-order valence-corrected chi connectivity index (χ0v) is 25.3. The molecule has 0 aliphatic heterocycles. The van der Waals surface area contributed by atoms with E-state index in [1.54, 1.807) is 27.0 Å². The molecule has 42 heavy (non-hydrogen) atoms. The van der Waals surface area contributed by atoms with E-state index in [1.807, 2.05) is 30.3 Å². The number of carbonyl (C=O) groups is 3. The second-order valence-electron chi connectivity index (χ2n) is 10.4. The number of rotatable bonds is 12. The van der Waals surface area contributed by atoms with Crippen molar-refractivity contribution in [3.05, 3.63) is 60.3 Å². The molecule has 3 rings (SSSR count). The Hall–Kier alpha value is -4.07. The van der Waals surface area contributed by atoms with E-state index in [0.717, 1.165) is 21.5 Å². The molecule has 0 saturated carbocycles. The monoisotopic (exact) mass is 600 g/mol. The van der Waals surface area contributed by atoms with Gasteiger partial charge in [-0.2, -0.15) is 4.72 Å². The number of likely N-dealkylation sites (N-methyl/N-ethyl adjacent to an activating group) is 1. The molecule has 13 heteroatoms. The Morgan fingerprint density at radius 1 is 1.07 bits per heavy atom. The summed E-state index contributed by atoms with van der Waals surface area (Å²) in [6, 6.07) is 11.9. The molecular formula is C29H36N4O8S. The lowest BCUT2D eigenvalue weighted by atomic mass is 10.1. The number of anilines is 1. The van der Waals surface area contributed by atoms with E-state index in [-0.39, 0.29) is 23.2 Å². The number of hydrogen-bond acceptors (Lipinski definition) is 9. The number of hydrogen-bond donors (Lipinski definition) is 2. The minimum Gasteiger partial charge on any atom is -0.492 e. The number of ether oxygens (including phenoxy) is 2. The fourth-order valence-electron chi connectivity index (χ4n) is 4.07. The highest BCUT2D eigenvalue weighted by Gasteiger charge is 2.33. The summed E-state index contributed by atoms with van der Waals surface area (Å²) in [5, 5.41) is 4.36. The van der Waals surface area contributed by atoms with Crippen LogP contribution in [0.5, 0.6) is 5.75 Å². The number of esters is 1. The largest absolute Gasteiger partial charge is 0.492 e. The first-order chi connectivity index (χ1) is 19.7. The highest BCUT2D eigenvalue weighted by atomic mass is 32.2. The fourth-order valence-corrected chi connectivity index (χ4v) is 5.38. The lowest BCUT2D eigenvalue weighted by molar-refractivity contribution is -0.173. The van der Waals surface area contributed by atoms with Crippen LogP contribution < -0.4 is 14.8 Å². The van der Waals surface area contributed by atoms with Crippen LogP contribution in [0.3, 0.4) is 0 Å². The SMILES string of the molecule is CON(C)C(=O)C(CC(=O)OC(C)(C)C)NS(=O)(=O)c1ccc(NC(C)=O)cc1OCCc1cccc2ncccc12. The minimum absolute atomic E-state index is 0.0596. The van der Waals surface area contributed by atoms with Gasteiger partial charge in [-0.25, -0.2) is 13.5 Å². The highest BCUT2D eigenvalue weighted by molar-refractivity contribution is 7.89. The summed E-state index contributed by atoms with van der Waals surface area (Å²) in [5.74, 6) is -2.01. The van der Waals surface area contributed by atoms with Gasteiger partial charge in [-0.1, -0.05) is 18.2 Å². The number of pyridine rings is 1. The molecule has 2 aromatic carbocycles. The van der Waals surface area contributed by atoms with Gasteiger partial charge in [0, 0.05) is 43.7 Å². The van der Waals surface area contributed by atoms with E-state index in [1.165, 1.54) is 39.3 Å². The molecule has 1 heterocycles. The Balaban J connectivity index is 1.91. The standard InChI is InChI=1S/C29H36N4O8S/c1-19(34)31-21-12-13-26(25(17-21)40-16-14-20-9-7-11-23-22(20)10-8-15-30-23)42(37,38)32-24(28(36)33(5)39-6)18-27(35)41-29(2,3)4/h7-13,15,17,24,32H,14,16,18H2,1-6H3,(H,31,34). The number of hydroxylamine groups is 2. The van der Waals surface area contributed by atoms with Crippen LogP contribution in [0.1, 0.15) is 39.7 Å². The summed E-state index contributed by atoms with van der Waals surface area (Å²) in [5.41, 5.74) is 1.23. The molecule has 226 valence electrons. The van der Waals surface area contributed by atoms with E-state index in [2.05, 4.69) is 15.0 Å². The van der Waals surface area contributed by atoms with E-state index >= 15 is 0 Å². The summed E-state index contributed by atoms with van der Waals surface area (Å²) in [6.07, 6.45) is 1.54. The first-order valence-electron chi connectivity index (χ1n) is 13.1. The van der Waals surface area contributed by atoms with Crippen LogP contribution in [0.15, 0.2) is 59.6 Å². The number of nitrogens with zero attached hydrogens (tertiary/aromatic N) is 2. The Kier molecular flexibility index (Phi) is 10.6. The van der Waals surface area contributed by atoms with Gasteiger partial charge >= 0.3 is 5.97 Å². The summed E-state index contributed by atoms with van der Waals surface area (Å²) in [4.78, 5) is 46.2. The molecule has 0 aliphatic rings. The number of aromatic nitrogens is 1. The maximum Gasteiger partial charge on any atom is 0.308 e. The van der Waals surface area contributed by atoms with Crippen LogP contribution in [-0.4, -0.2) is 68.7 Å². The number of nitrogens with one attached hydrogen (secondary N) is 2. The summed E-state index contributed by atoms with van der Waals surface area (Å²) < 4.78 is 40.8. The van der Waals surface area contributed by atoms with E-state index in [9.17, 15) is 22.8 Å². The average molecular weight is 601 g/mol. The third-order valence-corrected chi connectivity index (χ3v) is 7.40. The molecule has 3 aromatic rings. The van der Waals surface area contributed by atoms with E-state index in [4.69, 9.17) is 14.3 Å². The van der Waals surface area contributed by atoms with E-state index < -0.39 is 40.0 Å². The fraction of sp³-hybridized carbons (Fsp3) is 0.379. The zero-order chi connectivity index (χ0) is 31.1. The third-order valence-electron chi connectivity index (χ3n) is 5.89. The molecule has 1 unspecified atom stereocenters. The lowest BCUT2D eigenvalue weighted by Crippen LogP contribution is -2.48. The maximum absolute atomic E-state index is 13.6. The van der Waals surface area contributed by atoms with Gasteiger partial charge in [0.05, 0.1) is 25.7 Å². The molecule has 2 N–H and O–H groups in total. The van der Waals surface area contributed by atoms with Crippen molar-refractivity contribution in [2.24, 2.45) is 0 Å². The smallest absolute Gasteiger partial charge is 0.308 e. The van der Waals surface area contributed by atoms with Crippen LogP contribution in [0.2, 0.25) is 0 Å². The van der Waals surface area contributed by atoms with Crippen molar-refractivity contribution in [2.75, 3.05) is 26.1 Å². The van der Waals surface area contributed by atoms with Crippen molar-refractivity contribution < 1.29 is 37.1 Å². The first-order valence-corrected chi connectivity index (χ1v) is 14.6. The predicted octanol–water partition coefficient (Wildman–Crippen LogP) is 3.21. The second kappa shape index (κ2) is 13.7. The molecule has 1 atom stereocenters. The lowest BCUT2D eigenvalue weighted by Gasteiger charge is -2.25.